The Balaban J connectivity index is 4.43. The maximum Gasteiger partial charge on any atom is 0.306 e. The van der Waals surface area contributed by atoms with E-state index < -0.39 is 6.10 Å². The number of allylic oxidation sites excluding steroid dienone is 10. The van der Waals surface area contributed by atoms with Gasteiger partial charge in [0.25, 0.3) is 0 Å². The number of esters is 3. The lowest BCUT2D eigenvalue weighted by molar-refractivity contribution is -0.167. The van der Waals surface area contributed by atoms with Crippen molar-refractivity contribution in [1.82, 2.24) is 0 Å². The van der Waals surface area contributed by atoms with Crippen LogP contribution in [0.15, 0.2) is 60.8 Å². The van der Waals surface area contributed by atoms with Crippen molar-refractivity contribution in [2.45, 2.75) is 264 Å². The predicted molar refractivity (Wildman–Crippen MR) is 265 cm³/mol. The van der Waals surface area contributed by atoms with Gasteiger partial charge in [0, 0.05) is 19.3 Å². The molecule has 0 saturated carbocycles. The standard InChI is InChI=1S/C56H98O6/c1-4-7-10-13-16-19-22-25-27-29-31-34-37-40-43-46-49-55(58)61-52-53(51-60-54(57)48-45-42-39-36-33-24-21-18-15-12-9-6-3)62-56(59)50-47-44-41-38-35-32-30-28-26-23-20-17-14-11-8-5-2/h7,10,16,19,25,27-28,30,32,35,53H,4-6,8-9,11-15,17-18,20-24,26,29,31,33-34,36-52H2,1-3H3/b10-7-,19-16-,27-25-,30-28-,35-32-. The van der Waals surface area contributed by atoms with Gasteiger partial charge in [-0.1, -0.05) is 223 Å². The summed E-state index contributed by atoms with van der Waals surface area (Å²) >= 11 is 0. The summed E-state index contributed by atoms with van der Waals surface area (Å²) in [4.78, 5) is 38.0. The van der Waals surface area contributed by atoms with Crippen LogP contribution < -0.4 is 0 Å². The molecule has 358 valence electrons. The molecule has 0 N–H and O–H groups in total. The Morgan fingerprint density at radius 1 is 0.355 bits per heavy atom. The molecule has 62 heavy (non-hydrogen) atoms. The van der Waals surface area contributed by atoms with Crippen molar-refractivity contribution in [3.05, 3.63) is 60.8 Å². The van der Waals surface area contributed by atoms with E-state index in [1.807, 2.05) is 0 Å². The van der Waals surface area contributed by atoms with Gasteiger partial charge in [-0.2, -0.15) is 0 Å². The Morgan fingerprint density at radius 3 is 1.10 bits per heavy atom. The third-order valence-corrected chi connectivity index (χ3v) is 11.3. The van der Waals surface area contributed by atoms with Crippen molar-refractivity contribution in [3.63, 3.8) is 0 Å². The summed E-state index contributed by atoms with van der Waals surface area (Å²) in [7, 11) is 0. The van der Waals surface area contributed by atoms with Crippen LogP contribution in [0.5, 0.6) is 0 Å². The van der Waals surface area contributed by atoms with Crippen LogP contribution in [0.25, 0.3) is 0 Å². The monoisotopic (exact) mass is 867 g/mol. The first-order valence-electron chi connectivity index (χ1n) is 26.3. The van der Waals surface area contributed by atoms with Gasteiger partial charge in [-0.05, 0) is 77.0 Å². The minimum Gasteiger partial charge on any atom is -0.462 e. The number of unbranched alkanes of at least 4 members (excludes halogenated alkanes) is 27. The van der Waals surface area contributed by atoms with E-state index in [1.165, 1.54) is 122 Å². The number of ether oxygens (including phenoxy) is 3. The minimum atomic E-state index is -0.791. The van der Waals surface area contributed by atoms with Crippen LogP contribution in [0.1, 0.15) is 258 Å². The molecule has 6 heteroatoms. The Kier molecular flexibility index (Phi) is 48.4. The maximum absolute atomic E-state index is 12.8. The summed E-state index contributed by atoms with van der Waals surface area (Å²) in [6, 6.07) is 0. The van der Waals surface area contributed by atoms with E-state index in [9.17, 15) is 14.4 Å². The van der Waals surface area contributed by atoms with Crippen LogP contribution in [0, 0.1) is 0 Å². The highest BCUT2D eigenvalue weighted by atomic mass is 16.6. The number of hydrogen-bond acceptors (Lipinski definition) is 6. The minimum absolute atomic E-state index is 0.0874. The molecular formula is C56H98O6. The van der Waals surface area contributed by atoms with Gasteiger partial charge in [0.15, 0.2) is 6.10 Å². The molecule has 0 radical (unpaired) electrons. The molecule has 1 unspecified atom stereocenters. The molecular weight excluding hydrogens is 769 g/mol. The second-order valence-corrected chi connectivity index (χ2v) is 17.4. The van der Waals surface area contributed by atoms with E-state index in [-0.39, 0.29) is 31.1 Å². The van der Waals surface area contributed by atoms with E-state index >= 15 is 0 Å². The van der Waals surface area contributed by atoms with E-state index in [1.54, 1.807) is 0 Å². The molecule has 0 aliphatic heterocycles. The van der Waals surface area contributed by atoms with Crippen LogP contribution in [0.4, 0.5) is 0 Å². The van der Waals surface area contributed by atoms with Gasteiger partial charge in [0.2, 0.25) is 0 Å². The average Bonchev–Trinajstić information content (AvgIpc) is 3.27. The molecule has 0 heterocycles. The Morgan fingerprint density at radius 2 is 0.677 bits per heavy atom. The third kappa shape index (κ3) is 48.1. The maximum atomic E-state index is 12.8. The fourth-order valence-electron chi connectivity index (χ4n) is 7.33. The van der Waals surface area contributed by atoms with Gasteiger partial charge < -0.3 is 14.2 Å². The fraction of sp³-hybridized carbons (Fsp3) is 0.768. The number of carbonyl (C=O) groups excluding carboxylic acids is 3. The second kappa shape index (κ2) is 50.8. The van der Waals surface area contributed by atoms with Crippen molar-refractivity contribution in [3.8, 4) is 0 Å². The zero-order valence-corrected chi connectivity index (χ0v) is 40.9. The van der Waals surface area contributed by atoms with Crippen molar-refractivity contribution in [1.29, 1.82) is 0 Å². The van der Waals surface area contributed by atoms with Gasteiger partial charge in [-0.25, -0.2) is 0 Å². The highest BCUT2D eigenvalue weighted by molar-refractivity contribution is 5.71. The van der Waals surface area contributed by atoms with Gasteiger partial charge >= 0.3 is 17.9 Å². The molecule has 0 aromatic heterocycles. The lowest BCUT2D eigenvalue weighted by Crippen LogP contribution is -2.30. The summed E-state index contributed by atoms with van der Waals surface area (Å²) in [5, 5.41) is 0. The Bertz CT molecular complexity index is 1130. The van der Waals surface area contributed by atoms with Crippen LogP contribution in [0.2, 0.25) is 0 Å². The second-order valence-electron chi connectivity index (χ2n) is 17.4. The highest BCUT2D eigenvalue weighted by Crippen LogP contribution is 2.15. The van der Waals surface area contributed by atoms with Gasteiger partial charge in [0.1, 0.15) is 13.2 Å². The van der Waals surface area contributed by atoms with Crippen molar-refractivity contribution < 1.29 is 28.6 Å². The molecule has 0 spiro atoms. The van der Waals surface area contributed by atoms with Gasteiger partial charge in [-0.3, -0.25) is 14.4 Å². The number of rotatable bonds is 47. The molecule has 1 atom stereocenters. The van der Waals surface area contributed by atoms with Crippen LogP contribution in [-0.2, 0) is 28.6 Å². The highest BCUT2D eigenvalue weighted by Gasteiger charge is 2.19. The van der Waals surface area contributed by atoms with E-state index in [0.717, 1.165) is 96.3 Å². The third-order valence-electron chi connectivity index (χ3n) is 11.3. The van der Waals surface area contributed by atoms with E-state index in [0.29, 0.717) is 19.3 Å². The Labute approximate surface area is 383 Å². The van der Waals surface area contributed by atoms with Gasteiger partial charge in [0.05, 0.1) is 0 Å². The lowest BCUT2D eigenvalue weighted by atomic mass is 10.0. The first kappa shape index (κ1) is 59.1. The summed E-state index contributed by atoms with van der Waals surface area (Å²) in [6.07, 6.45) is 62.0. The zero-order valence-electron chi connectivity index (χ0n) is 40.9. The predicted octanol–water partition coefficient (Wildman–Crippen LogP) is 17.3. The molecule has 0 aromatic rings. The summed E-state index contributed by atoms with van der Waals surface area (Å²) in [6.45, 7) is 6.49. The lowest BCUT2D eigenvalue weighted by Gasteiger charge is -2.18. The first-order chi connectivity index (χ1) is 30.5. The van der Waals surface area contributed by atoms with Crippen LogP contribution in [-0.4, -0.2) is 37.2 Å². The van der Waals surface area contributed by atoms with Crippen LogP contribution in [0.3, 0.4) is 0 Å². The summed E-state index contributed by atoms with van der Waals surface area (Å²) < 4.78 is 16.8. The Hall–Kier alpha value is -2.89. The van der Waals surface area contributed by atoms with Crippen molar-refractivity contribution in [2.24, 2.45) is 0 Å². The smallest absolute Gasteiger partial charge is 0.306 e. The van der Waals surface area contributed by atoms with E-state index in [4.69, 9.17) is 14.2 Å². The summed E-state index contributed by atoms with van der Waals surface area (Å²) in [5.41, 5.74) is 0. The SMILES string of the molecule is CC/C=C\C/C=C\C/C=C\CCCCCCCCC(=O)OCC(COC(=O)CCCCCCCCCCCCCC)OC(=O)CCCCC/C=C\C=C/CCCCCCCCC. The molecule has 6 nitrogen and oxygen atoms in total. The molecule has 0 aromatic carbocycles. The molecule has 0 aliphatic carbocycles. The zero-order chi connectivity index (χ0) is 45.1. The topological polar surface area (TPSA) is 78.9 Å². The van der Waals surface area contributed by atoms with Crippen molar-refractivity contribution >= 4 is 17.9 Å². The molecule has 0 bridgehead atoms. The fourth-order valence-corrected chi connectivity index (χ4v) is 7.33. The molecule has 0 aliphatic rings. The number of hydrogen-bond donors (Lipinski definition) is 0. The molecule has 0 saturated heterocycles. The summed E-state index contributed by atoms with van der Waals surface area (Å²) in [5.74, 6) is -0.922. The molecule has 0 rings (SSSR count). The number of carbonyl (C=O) groups is 3. The van der Waals surface area contributed by atoms with Gasteiger partial charge in [-0.15, -0.1) is 0 Å². The first-order valence-corrected chi connectivity index (χ1v) is 26.3. The largest absolute Gasteiger partial charge is 0.462 e. The van der Waals surface area contributed by atoms with E-state index in [2.05, 4.69) is 81.5 Å². The average molecular weight is 867 g/mol. The normalized spacial score (nSPS) is 12.5. The molecule has 0 amide bonds. The van der Waals surface area contributed by atoms with Crippen molar-refractivity contribution in [2.75, 3.05) is 13.2 Å². The quantitative estimate of drug-likeness (QED) is 0.0199. The van der Waals surface area contributed by atoms with Crippen LogP contribution >= 0.6 is 0 Å². The molecule has 0 fully saturated rings.